The molecule has 1 heterocycles. The topological polar surface area (TPSA) is 29.6 Å². The van der Waals surface area contributed by atoms with E-state index in [1.165, 1.54) is 26.7 Å². The number of fused-ring (bicyclic) bond motifs is 3. The largest absolute Gasteiger partial charge is 0.385 e. The van der Waals surface area contributed by atoms with Gasteiger partial charge in [-0.05, 0) is 12.1 Å². The maximum absolute atomic E-state index is 10.9. The number of aliphatic hydroxyl groups excluding tert-OH is 1. The lowest BCUT2D eigenvalue weighted by molar-refractivity contribution is -0.909. The molecule has 3 aromatic rings. The molecule has 26 heavy (non-hydrogen) atoms. The first-order chi connectivity index (χ1) is 12.5. The zero-order valence-electron chi connectivity index (χ0n) is 16.6. The third-order valence-corrected chi connectivity index (χ3v) is 4.99. The van der Waals surface area contributed by atoms with E-state index in [-0.39, 0.29) is 6.10 Å². The van der Waals surface area contributed by atoms with Gasteiger partial charge in [0.05, 0.1) is 19.6 Å². The Hall–Kier alpha value is -1.84. The van der Waals surface area contributed by atoms with Crippen molar-refractivity contribution in [2.75, 3.05) is 19.6 Å². The van der Waals surface area contributed by atoms with Crippen molar-refractivity contribution in [2.45, 2.75) is 40.3 Å². The zero-order valence-corrected chi connectivity index (χ0v) is 16.6. The third-order valence-electron chi connectivity index (χ3n) is 4.99. The first-order valence-corrected chi connectivity index (χ1v) is 9.93. The molecule has 0 radical (unpaired) electrons. The van der Waals surface area contributed by atoms with Crippen molar-refractivity contribution >= 4 is 21.8 Å². The number of quaternary nitrogens is 1. The van der Waals surface area contributed by atoms with Gasteiger partial charge in [-0.25, -0.2) is 0 Å². The fraction of sp³-hybridized carbons (Fsp3) is 0.478. The summed E-state index contributed by atoms with van der Waals surface area (Å²) in [4.78, 5) is 1.50. The molecule has 1 atom stereocenters. The van der Waals surface area contributed by atoms with E-state index in [1.54, 1.807) is 0 Å². The monoisotopic (exact) mass is 353 g/mol. The molecule has 0 aliphatic heterocycles. The van der Waals surface area contributed by atoms with Crippen LogP contribution in [0.3, 0.4) is 0 Å². The van der Waals surface area contributed by atoms with E-state index in [0.717, 1.165) is 19.6 Å². The van der Waals surface area contributed by atoms with Crippen molar-refractivity contribution < 1.29 is 10.0 Å². The fourth-order valence-corrected chi connectivity index (χ4v) is 4.21. The van der Waals surface area contributed by atoms with Gasteiger partial charge in [-0.1, -0.05) is 64.1 Å². The highest BCUT2D eigenvalue weighted by molar-refractivity contribution is 6.07. The molecule has 0 aliphatic rings. The zero-order chi connectivity index (χ0) is 18.7. The maximum atomic E-state index is 10.9. The number of nitrogens with zero attached hydrogens (tertiary/aromatic N) is 1. The maximum Gasteiger partial charge on any atom is 0.121 e. The van der Waals surface area contributed by atoms with E-state index in [1.807, 2.05) is 0 Å². The van der Waals surface area contributed by atoms with Crippen LogP contribution in [0.2, 0.25) is 0 Å². The van der Waals surface area contributed by atoms with Crippen LogP contribution >= 0.6 is 0 Å². The van der Waals surface area contributed by atoms with Crippen LogP contribution in [0.5, 0.6) is 0 Å². The van der Waals surface area contributed by atoms with Gasteiger partial charge in [-0.15, -0.1) is 0 Å². The summed E-state index contributed by atoms with van der Waals surface area (Å²) >= 11 is 0. The van der Waals surface area contributed by atoms with Gasteiger partial charge in [0, 0.05) is 33.6 Å². The van der Waals surface area contributed by atoms with Crippen LogP contribution in [0, 0.1) is 11.8 Å². The summed E-state index contributed by atoms with van der Waals surface area (Å²) in [7, 11) is 0. The van der Waals surface area contributed by atoms with Crippen molar-refractivity contribution in [1.82, 2.24) is 4.57 Å². The molecule has 2 aromatic carbocycles. The van der Waals surface area contributed by atoms with E-state index in [4.69, 9.17) is 0 Å². The third kappa shape index (κ3) is 4.28. The van der Waals surface area contributed by atoms with Gasteiger partial charge in [0.25, 0.3) is 0 Å². The van der Waals surface area contributed by atoms with Gasteiger partial charge in [-0.2, -0.15) is 0 Å². The highest BCUT2D eigenvalue weighted by Crippen LogP contribution is 2.28. The van der Waals surface area contributed by atoms with Crippen LogP contribution < -0.4 is 4.90 Å². The molecule has 3 nitrogen and oxygen atoms in total. The van der Waals surface area contributed by atoms with Crippen molar-refractivity contribution in [3.05, 3.63) is 48.5 Å². The number of aromatic nitrogens is 1. The van der Waals surface area contributed by atoms with Crippen LogP contribution in [-0.4, -0.2) is 35.4 Å². The Kier molecular flexibility index (Phi) is 6.00. The van der Waals surface area contributed by atoms with Gasteiger partial charge in [-0.3, -0.25) is 0 Å². The Morgan fingerprint density at radius 2 is 1.23 bits per heavy atom. The van der Waals surface area contributed by atoms with Crippen molar-refractivity contribution in [3.63, 3.8) is 0 Å². The minimum atomic E-state index is -0.346. The Morgan fingerprint density at radius 3 is 1.69 bits per heavy atom. The summed E-state index contributed by atoms with van der Waals surface area (Å²) < 4.78 is 2.29. The lowest BCUT2D eigenvalue weighted by Crippen LogP contribution is -3.14. The molecule has 0 saturated carbocycles. The molecule has 0 saturated heterocycles. The average molecular weight is 354 g/mol. The summed E-state index contributed by atoms with van der Waals surface area (Å²) in [5, 5.41) is 13.4. The van der Waals surface area contributed by atoms with E-state index < -0.39 is 0 Å². The van der Waals surface area contributed by atoms with Crippen LogP contribution in [-0.2, 0) is 6.54 Å². The second-order valence-electron chi connectivity index (χ2n) is 8.45. The second kappa shape index (κ2) is 8.24. The minimum Gasteiger partial charge on any atom is -0.385 e. The smallest absolute Gasteiger partial charge is 0.121 e. The Balaban J connectivity index is 1.85. The van der Waals surface area contributed by atoms with Gasteiger partial charge in [0.15, 0.2) is 0 Å². The summed E-state index contributed by atoms with van der Waals surface area (Å²) in [6.45, 7) is 12.7. The van der Waals surface area contributed by atoms with Gasteiger partial charge >= 0.3 is 0 Å². The van der Waals surface area contributed by atoms with Crippen molar-refractivity contribution in [1.29, 1.82) is 0 Å². The van der Waals surface area contributed by atoms with Gasteiger partial charge < -0.3 is 14.6 Å². The molecule has 0 unspecified atom stereocenters. The Morgan fingerprint density at radius 1 is 0.769 bits per heavy atom. The SMILES string of the molecule is CC(C)C[NH+](CC(C)C)C[C@@H](O)Cn1c2ccccc2c2ccccc21. The van der Waals surface area contributed by atoms with Gasteiger partial charge in [0.2, 0.25) is 0 Å². The van der Waals surface area contributed by atoms with E-state index in [9.17, 15) is 5.11 Å². The normalized spacial score (nSPS) is 13.5. The predicted octanol–water partition coefficient (Wildman–Crippen LogP) is 3.35. The van der Waals surface area contributed by atoms with Crippen molar-refractivity contribution in [2.24, 2.45) is 11.8 Å². The number of hydrogen-bond acceptors (Lipinski definition) is 1. The van der Waals surface area contributed by atoms with Crippen LogP contribution in [0.4, 0.5) is 0 Å². The van der Waals surface area contributed by atoms with E-state index >= 15 is 0 Å². The summed E-state index contributed by atoms with van der Waals surface area (Å²) in [6, 6.07) is 17.0. The lowest BCUT2D eigenvalue weighted by Gasteiger charge is -2.26. The molecule has 0 bridgehead atoms. The Labute approximate surface area is 157 Å². The molecule has 3 rings (SSSR count). The highest BCUT2D eigenvalue weighted by atomic mass is 16.3. The standard InChI is InChI=1S/C23H32N2O/c1-17(2)13-24(14-18(3)4)15-19(26)16-25-22-11-7-5-9-20(22)21-10-6-8-12-23(21)25/h5-12,17-19,26H,13-16H2,1-4H3/p+1/t19-/m1/s1. The molecule has 0 amide bonds. The average Bonchev–Trinajstić information content (AvgIpc) is 2.88. The highest BCUT2D eigenvalue weighted by Gasteiger charge is 2.20. The quantitative estimate of drug-likeness (QED) is 0.639. The number of nitrogens with one attached hydrogen (secondary N) is 1. The molecule has 140 valence electrons. The first kappa shape index (κ1) is 18.9. The molecule has 0 fully saturated rings. The molecule has 0 spiro atoms. The number of rotatable bonds is 8. The van der Waals surface area contributed by atoms with E-state index in [0.29, 0.717) is 18.4 Å². The summed E-state index contributed by atoms with van der Waals surface area (Å²) in [5.41, 5.74) is 2.42. The second-order valence-corrected chi connectivity index (χ2v) is 8.45. The molecule has 1 aromatic heterocycles. The number of para-hydroxylation sites is 2. The van der Waals surface area contributed by atoms with Crippen LogP contribution in [0.1, 0.15) is 27.7 Å². The molecule has 0 aliphatic carbocycles. The Bertz CT molecular complexity index is 786. The van der Waals surface area contributed by atoms with Crippen molar-refractivity contribution in [3.8, 4) is 0 Å². The summed E-state index contributed by atoms with van der Waals surface area (Å²) in [6.07, 6.45) is -0.346. The predicted molar refractivity (Wildman–Crippen MR) is 111 cm³/mol. The molecular formula is C23H33N2O+. The van der Waals surface area contributed by atoms with E-state index in [2.05, 4.69) is 80.8 Å². The number of aliphatic hydroxyl groups is 1. The summed E-state index contributed by atoms with van der Waals surface area (Å²) in [5.74, 6) is 1.29. The first-order valence-electron chi connectivity index (χ1n) is 9.93. The fourth-order valence-electron chi connectivity index (χ4n) is 4.21. The minimum absolute atomic E-state index is 0.346. The van der Waals surface area contributed by atoms with Gasteiger partial charge in [0.1, 0.15) is 12.6 Å². The lowest BCUT2D eigenvalue weighted by atomic mass is 10.1. The number of benzene rings is 2. The molecule has 2 N–H and O–H groups in total. The van der Waals surface area contributed by atoms with Crippen LogP contribution in [0.15, 0.2) is 48.5 Å². The molecule has 3 heteroatoms. The van der Waals surface area contributed by atoms with Crippen LogP contribution in [0.25, 0.3) is 21.8 Å². The molecular weight excluding hydrogens is 320 g/mol. The number of hydrogen-bond donors (Lipinski definition) is 2.